The van der Waals surface area contributed by atoms with Gasteiger partial charge in [0.2, 0.25) is 0 Å². The molecule has 108 valence electrons. The van der Waals surface area contributed by atoms with Gasteiger partial charge in [0, 0.05) is 19.5 Å². The number of hydrogen-bond donors (Lipinski definition) is 1. The molecule has 2 aromatic rings. The molecule has 1 aromatic carbocycles. The molecule has 1 aliphatic heterocycles. The summed E-state index contributed by atoms with van der Waals surface area (Å²) in [4.78, 5) is 4.90. The quantitative estimate of drug-likeness (QED) is 0.915. The van der Waals surface area contributed by atoms with Crippen LogP contribution in [0.2, 0.25) is 0 Å². The van der Waals surface area contributed by atoms with E-state index in [4.69, 9.17) is 15.5 Å². The molecular formula is C16H23N3O. The molecule has 4 heteroatoms. The molecule has 0 radical (unpaired) electrons. The Morgan fingerprint density at radius 3 is 2.60 bits per heavy atom. The van der Waals surface area contributed by atoms with E-state index in [9.17, 15) is 0 Å². The fraction of sp³-hybridized carbons (Fsp3) is 0.562. The van der Waals surface area contributed by atoms with Gasteiger partial charge in [-0.3, -0.25) is 0 Å². The van der Waals surface area contributed by atoms with Crippen LogP contribution in [0.3, 0.4) is 0 Å². The Balaban J connectivity index is 2.15. The molecule has 1 fully saturated rings. The van der Waals surface area contributed by atoms with E-state index in [1.54, 1.807) is 0 Å². The number of hydrogen-bond acceptors (Lipinski definition) is 3. The summed E-state index contributed by atoms with van der Waals surface area (Å²) in [6.07, 6.45) is 0.487. The SMILES string of the molecule is CC1OC(C)C(c2nc3c(CN)cccc3n2C)C1C. The zero-order chi connectivity index (χ0) is 14.4. The monoisotopic (exact) mass is 273 g/mol. The maximum absolute atomic E-state index is 5.97. The third-order valence-electron chi connectivity index (χ3n) is 4.79. The highest BCUT2D eigenvalue weighted by atomic mass is 16.5. The second-order valence-corrected chi connectivity index (χ2v) is 5.95. The third kappa shape index (κ3) is 1.86. The number of aryl methyl sites for hydroxylation is 1. The van der Waals surface area contributed by atoms with Crippen molar-refractivity contribution in [3.05, 3.63) is 29.6 Å². The number of benzene rings is 1. The van der Waals surface area contributed by atoms with Crippen molar-refractivity contribution in [3.63, 3.8) is 0 Å². The summed E-state index contributed by atoms with van der Waals surface area (Å²) in [5.74, 6) is 1.93. The summed E-state index contributed by atoms with van der Waals surface area (Å²) in [5, 5.41) is 0. The first-order chi connectivity index (χ1) is 9.54. The van der Waals surface area contributed by atoms with E-state index in [1.807, 2.05) is 0 Å². The van der Waals surface area contributed by atoms with Crippen molar-refractivity contribution in [1.29, 1.82) is 0 Å². The first-order valence-electron chi connectivity index (χ1n) is 7.34. The van der Waals surface area contributed by atoms with Crippen LogP contribution < -0.4 is 5.73 Å². The minimum Gasteiger partial charge on any atom is -0.374 e. The van der Waals surface area contributed by atoms with Gasteiger partial charge in [-0.1, -0.05) is 19.1 Å². The highest BCUT2D eigenvalue weighted by molar-refractivity contribution is 5.79. The maximum Gasteiger partial charge on any atom is 0.115 e. The lowest BCUT2D eigenvalue weighted by atomic mass is 9.89. The molecule has 20 heavy (non-hydrogen) atoms. The topological polar surface area (TPSA) is 53.1 Å². The highest BCUT2D eigenvalue weighted by Crippen LogP contribution is 2.40. The molecule has 1 aliphatic rings. The van der Waals surface area contributed by atoms with Gasteiger partial charge >= 0.3 is 0 Å². The van der Waals surface area contributed by atoms with E-state index >= 15 is 0 Å². The lowest BCUT2D eigenvalue weighted by Crippen LogP contribution is -2.19. The molecule has 0 spiro atoms. The largest absolute Gasteiger partial charge is 0.374 e. The maximum atomic E-state index is 5.97. The van der Waals surface area contributed by atoms with Crippen LogP contribution in [-0.4, -0.2) is 21.8 Å². The Morgan fingerprint density at radius 1 is 1.25 bits per heavy atom. The van der Waals surface area contributed by atoms with Gasteiger partial charge in [0.05, 0.1) is 23.2 Å². The van der Waals surface area contributed by atoms with E-state index in [0.717, 1.165) is 22.4 Å². The molecular weight excluding hydrogens is 250 g/mol. The second-order valence-electron chi connectivity index (χ2n) is 5.95. The average Bonchev–Trinajstić information content (AvgIpc) is 2.88. The van der Waals surface area contributed by atoms with Crippen LogP contribution in [0.5, 0.6) is 0 Å². The van der Waals surface area contributed by atoms with E-state index < -0.39 is 0 Å². The normalized spacial score (nSPS) is 30.2. The first kappa shape index (κ1) is 13.6. The molecule has 1 saturated heterocycles. The molecule has 0 amide bonds. The number of para-hydroxylation sites is 1. The summed E-state index contributed by atoms with van der Waals surface area (Å²) in [6, 6.07) is 6.22. The summed E-state index contributed by atoms with van der Waals surface area (Å²) >= 11 is 0. The molecule has 2 heterocycles. The Hall–Kier alpha value is -1.39. The van der Waals surface area contributed by atoms with E-state index in [0.29, 0.717) is 18.4 Å². The fourth-order valence-corrected chi connectivity index (χ4v) is 3.47. The van der Waals surface area contributed by atoms with Gasteiger partial charge in [0.1, 0.15) is 5.82 Å². The fourth-order valence-electron chi connectivity index (χ4n) is 3.47. The number of nitrogens with two attached hydrogens (primary N) is 1. The molecule has 4 atom stereocenters. The van der Waals surface area contributed by atoms with Crippen LogP contribution in [0.15, 0.2) is 18.2 Å². The molecule has 2 N–H and O–H groups in total. The summed E-state index contributed by atoms with van der Waals surface area (Å²) < 4.78 is 8.17. The van der Waals surface area contributed by atoms with E-state index in [-0.39, 0.29) is 12.2 Å². The number of aromatic nitrogens is 2. The van der Waals surface area contributed by atoms with Crippen LogP contribution in [0.4, 0.5) is 0 Å². The van der Waals surface area contributed by atoms with Gasteiger partial charge in [-0.25, -0.2) is 4.98 Å². The van der Waals surface area contributed by atoms with Crippen LogP contribution in [0.25, 0.3) is 11.0 Å². The predicted molar refractivity (Wildman–Crippen MR) is 80.5 cm³/mol. The van der Waals surface area contributed by atoms with Crippen LogP contribution in [0.1, 0.15) is 38.1 Å². The minimum atomic E-state index is 0.205. The zero-order valence-electron chi connectivity index (χ0n) is 12.6. The smallest absolute Gasteiger partial charge is 0.115 e. The van der Waals surface area contributed by atoms with Crippen LogP contribution >= 0.6 is 0 Å². The Labute approximate surface area is 119 Å². The molecule has 0 bridgehead atoms. The third-order valence-corrected chi connectivity index (χ3v) is 4.79. The van der Waals surface area contributed by atoms with Crippen molar-refractivity contribution in [2.75, 3.05) is 0 Å². The summed E-state index contributed by atoms with van der Waals surface area (Å²) in [5.41, 5.74) is 9.13. The van der Waals surface area contributed by atoms with Crippen LogP contribution in [0, 0.1) is 5.92 Å². The summed E-state index contributed by atoms with van der Waals surface area (Å²) in [7, 11) is 2.09. The Bertz CT molecular complexity index is 634. The first-order valence-corrected chi connectivity index (χ1v) is 7.34. The van der Waals surface area contributed by atoms with Gasteiger partial charge < -0.3 is 15.0 Å². The van der Waals surface area contributed by atoms with Crippen molar-refractivity contribution < 1.29 is 4.74 Å². The molecule has 4 nitrogen and oxygen atoms in total. The molecule has 0 aliphatic carbocycles. The lowest BCUT2D eigenvalue weighted by Gasteiger charge is -2.18. The molecule has 3 rings (SSSR count). The van der Waals surface area contributed by atoms with Gasteiger partial charge in [0.25, 0.3) is 0 Å². The van der Waals surface area contributed by atoms with Crippen molar-refractivity contribution in [2.24, 2.45) is 18.7 Å². The number of rotatable bonds is 2. The predicted octanol–water partition coefficient (Wildman–Crippen LogP) is 2.56. The lowest BCUT2D eigenvalue weighted by molar-refractivity contribution is 0.0552. The second kappa shape index (κ2) is 4.86. The highest BCUT2D eigenvalue weighted by Gasteiger charge is 2.40. The molecule has 4 unspecified atom stereocenters. The van der Waals surface area contributed by atoms with Crippen molar-refractivity contribution in [3.8, 4) is 0 Å². The standard InChI is InChI=1S/C16H23N3O/c1-9-10(2)20-11(3)14(9)16-18-15-12(8-17)6-5-7-13(15)19(16)4/h5-7,9-11,14H,8,17H2,1-4H3. The van der Waals surface area contributed by atoms with Crippen LogP contribution in [-0.2, 0) is 18.3 Å². The van der Waals surface area contributed by atoms with E-state index in [1.165, 1.54) is 0 Å². The summed E-state index contributed by atoms with van der Waals surface area (Å²) in [6.45, 7) is 7.07. The van der Waals surface area contributed by atoms with Gasteiger partial charge in [-0.05, 0) is 31.4 Å². The minimum absolute atomic E-state index is 0.205. The number of imidazole rings is 1. The number of ether oxygens (including phenoxy) is 1. The Kier molecular flexibility index (Phi) is 3.30. The van der Waals surface area contributed by atoms with Crippen molar-refractivity contribution in [1.82, 2.24) is 9.55 Å². The van der Waals surface area contributed by atoms with E-state index in [2.05, 4.69) is 50.6 Å². The average molecular weight is 273 g/mol. The number of nitrogens with zero attached hydrogens (tertiary/aromatic N) is 2. The molecule has 1 aromatic heterocycles. The van der Waals surface area contributed by atoms with Gasteiger partial charge in [0.15, 0.2) is 0 Å². The van der Waals surface area contributed by atoms with Gasteiger partial charge in [-0.15, -0.1) is 0 Å². The van der Waals surface area contributed by atoms with Crippen molar-refractivity contribution in [2.45, 2.75) is 45.4 Å². The Morgan fingerprint density at radius 2 is 2.00 bits per heavy atom. The van der Waals surface area contributed by atoms with Gasteiger partial charge in [-0.2, -0.15) is 0 Å². The number of fused-ring (bicyclic) bond motifs is 1. The zero-order valence-corrected chi connectivity index (χ0v) is 12.6. The van der Waals surface area contributed by atoms with Crippen molar-refractivity contribution >= 4 is 11.0 Å². The molecule has 0 saturated carbocycles.